The molecule has 9 heteroatoms. The first kappa shape index (κ1) is 21.8. The summed E-state index contributed by atoms with van der Waals surface area (Å²) in [6, 6.07) is 11.7. The van der Waals surface area contributed by atoms with Crippen molar-refractivity contribution in [1.29, 1.82) is 0 Å². The van der Waals surface area contributed by atoms with Crippen LogP contribution in [0.15, 0.2) is 47.4 Å². The van der Waals surface area contributed by atoms with Gasteiger partial charge in [0.2, 0.25) is 21.8 Å². The highest BCUT2D eigenvalue weighted by molar-refractivity contribution is 7.89. The van der Waals surface area contributed by atoms with Crippen LogP contribution < -0.4 is 19.1 Å². The van der Waals surface area contributed by atoms with Crippen LogP contribution in [-0.2, 0) is 26.0 Å². The summed E-state index contributed by atoms with van der Waals surface area (Å²) in [5.41, 5.74) is 1.31. The third-order valence-electron chi connectivity index (χ3n) is 4.75. The minimum atomic E-state index is -3.87. The molecule has 0 aliphatic carbocycles. The van der Waals surface area contributed by atoms with E-state index in [2.05, 4.69) is 11.6 Å². The number of carbonyl (C=O) groups is 2. The fourth-order valence-corrected chi connectivity index (χ4v) is 4.14. The van der Waals surface area contributed by atoms with Crippen LogP contribution in [-0.4, -0.2) is 40.5 Å². The lowest BCUT2D eigenvalue weighted by Crippen LogP contribution is -2.30. The Hall–Kier alpha value is -2.91. The Kier molecular flexibility index (Phi) is 6.73. The molecule has 2 aromatic rings. The molecule has 1 fully saturated rings. The Morgan fingerprint density at radius 2 is 1.70 bits per heavy atom. The quantitative estimate of drug-likeness (QED) is 0.482. The number of carbonyl (C=O) groups excluding carboxylic acids is 2. The van der Waals surface area contributed by atoms with E-state index in [1.165, 1.54) is 30.9 Å². The van der Waals surface area contributed by atoms with E-state index in [0.29, 0.717) is 5.75 Å². The molecule has 0 saturated carbocycles. The third-order valence-corrected chi connectivity index (χ3v) is 6.21. The van der Waals surface area contributed by atoms with Crippen molar-refractivity contribution in [3.8, 4) is 11.5 Å². The van der Waals surface area contributed by atoms with E-state index in [1.807, 2.05) is 24.3 Å². The Morgan fingerprint density at radius 3 is 2.30 bits per heavy atom. The van der Waals surface area contributed by atoms with Gasteiger partial charge in [0.05, 0.1) is 17.7 Å². The summed E-state index contributed by atoms with van der Waals surface area (Å²) in [5.74, 6) is 0.132. The molecule has 1 N–H and O–H groups in total. The Balaban J connectivity index is 1.68. The van der Waals surface area contributed by atoms with Gasteiger partial charge in [-0.05, 0) is 42.3 Å². The van der Waals surface area contributed by atoms with Crippen molar-refractivity contribution >= 4 is 27.5 Å². The molecule has 0 atom stereocenters. The van der Waals surface area contributed by atoms with E-state index < -0.39 is 10.0 Å². The average molecular weight is 432 g/mol. The maximum Gasteiger partial charge on any atom is 0.240 e. The SMILES string of the molecule is CCc1ccc(OCCNS(=O)(=O)c2ccc(OC)c(N3C(=O)CCC3=O)c2)cc1. The van der Waals surface area contributed by atoms with Crippen molar-refractivity contribution in [2.45, 2.75) is 31.1 Å². The lowest BCUT2D eigenvalue weighted by Gasteiger charge is -2.18. The molecule has 0 unspecified atom stereocenters. The highest BCUT2D eigenvalue weighted by Crippen LogP contribution is 2.34. The van der Waals surface area contributed by atoms with Gasteiger partial charge >= 0.3 is 0 Å². The van der Waals surface area contributed by atoms with Crippen molar-refractivity contribution < 1.29 is 27.5 Å². The minimum absolute atomic E-state index is 0.0563. The van der Waals surface area contributed by atoms with Gasteiger partial charge in [0.1, 0.15) is 18.1 Å². The van der Waals surface area contributed by atoms with Crippen molar-refractivity contribution in [3.05, 3.63) is 48.0 Å². The van der Waals surface area contributed by atoms with E-state index in [1.54, 1.807) is 0 Å². The molecular formula is C21H24N2O6S. The fraction of sp³-hybridized carbons (Fsp3) is 0.333. The van der Waals surface area contributed by atoms with Crippen molar-refractivity contribution in [2.24, 2.45) is 0 Å². The van der Waals surface area contributed by atoms with Gasteiger partial charge in [-0.2, -0.15) is 0 Å². The van der Waals surface area contributed by atoms with Crippen LogP contribution in [0.1, 0.15) is 25.3 Å². The molecular weight excluding hydrogens is 408 g/mol. The molecule has 0 bridgehead atoms. The molecule has 1 aliphatic rings. The number of rotatable bonds is 9. The molecule has 1 aliphatic heterocycles. The van der Waals surface area contributed by atoms with Crippen LogP contribution in [0.25, 0.3) is 0 Å². The second-order valence-electron chi connectivity index (χ2n) is 6.70. The van der Waals surface area contributed by atoms with Gasteiger partial charge in [0, 0.05) is 19.4 Å². The molecule has 3 rings (SSSR count). The maximum atomic E-state index is 12.7. The van der Waals surface area contributed by atoms with Crippen LogP contribution in [0.3, 0.4) is 0 Å². The first-order valence-corrected chi connectivity index (χ1v) is 11.1. The topological polar surface area (TPSA) is 102 Å². The molecule has 8 nitrogen and oxygen atoms in total. The zero-order valence-electron chi connectivity index (χ0n) is 16.9. The normalized spacial score (nSPS) is 14.3. The Bertz CT molecular complexity index is 1020. The summed E-state index contributed by atoms with van der Waals surface area (Å²) in [5, 5.41) is 0. The van der Waals surface area contributed by atoms with Gasteiger partial charge in [-0.3, -0.25) is 9.59 Å². The number of amides is 2. The van der Waals surface area contributed by atoms with Crippen LogP contribution in [0.5, 0.6) is 11.5 Å². The minimum Gasteiger partial charge on any atom is -0.495 e. The first-order valence-electron chi connectivity index (χ1n) is 9.61. The number of nitrogens with zero attached hydrogens (tertiary/aromatic N) is 1. The summed E-state index contributed by atoms with van der Waals surface area (Å²) >= 11 is 0. The summed E-state index contributed by atoms with van der Waals surface area (Å²) in [6.45, 7) is 2.27. The molecule has 1 heterocycles. The molecule has 2 amide bonds. The Morgan fingerprint density at radius 1 is 1.03 bits per heavy atom. The molecule has 2 aromatic carbocycles. The van der Waals surface area contributed by atoms with Gasteiger partial charge in [0.25, 0.3) is 0 Å². The van der Waals surface area contributed by atoms with Crippen LogP contribution in [0.4, 0.5) is 5.69 Å². The molecule has 30 heavy (non-hydrogen) atoms. The summed E-state index contributed by atoms with van der Waals surface area (Å²) in [4.78, 5) is 25.0. The first-order chi connectivity index (χ1) is 14.4. The Labute approximate surface area is 175 Å². The predicted octanol–water partition coefficient (Wildman–Crippen LogP) is 2.27. The van der Waals surface area contributed by atoms with E-state index in [4.69, 9.17) is 9.47 Å². The van der Waals surface area contributed by atoms with E-state index in [0.717, 1.165) is 11.3 Å². The van der Waals surface area contributed by atoms with Gasteiger partial charge in [-0.15, -0.1) is 0 Å². The zero-order valence-corrected chi connectivity index (χ0v) is 17.7. The number of hydrogen-bond acceptors (Lipinski definition) is 6. The number of benzene rings is 2. The number of aryl methyl sites for hydroxylation is 1. The lowest BCUT2D eigenvalue weighted by atomic mass is 10.2. The van der Waals surface area contributed by atoms with Crippen molar-refractivity contribution in [2.75, 3.05) is 25.2 Å². The van der Waals surface area contributed by atoms with Gasteiger partial charge in [-0.1, -0.05) is 19.1 Å². The second-order valence-corrected chi connectivity index (χ2v) is 8.47. The number of ether oxygens (including phenoxy) is 2. The van der Waals surface area contributed by atoms with E-state index in [9.17, 15) is 18.0 Å². The zero-order chi connectivity index (χ0) is 21.7. The van der Waals surface area contributed by atoms with Gasteiger partial charge in [0.15, 0.2) is 0 Å². The number of imide groups is 1. The fourth-order valence-electron chi connectivity index (χ4n) is 3.11. The van der Waals surface area contributed by atoms with Crippen LogP contribution in [0.2, 0.25) is 0 Å². The second kappa shape index (κ2) is 9.27. The molecule has 1 saturated heterocycles. The highest BCUT2D eigenvalue weighted by atomic mass is 32.2. The maximum absolute atomic E-state index is 12.7. The van der Waals surface area contributed by atoms with Gasteiger partial charge in [-0.25, -0.2) is 18.0 Å². The number of methoxy groups -OCH3 is 1. The molecule has 0 radical (unpaired) electrons. The highest BCUT2D eigenvalue weighted by Gasteiger charge is 2.33. The summed E-state index contributed by atoms with van der Waals surface area (Å²) in [7, 11) is -2.48. The van der Waals surface area contributed by atoms with Gasteiger partial charge < -0.3 is 9.47 Å². The molecule has 0 aromatic heterocycles. The van der Waals surface area contributed by atoms with Crippen LogP contribution in [0, 0.1) is 0 Å². The summed E-state index contributed by atoms with van der Waals surface area (Å²) in [6.07, 6.45) is 1.11. The summed E-state index contributed by atoms with van der Waals surface area (Å²) < 4.78 is 38.6. The van der Waals surface area contributed by atoms with Crippen molar-refractivity contribution in [3.63, 3.8) is 0 Å². The predicted molar refractivity (Wildman–Crippen MR) is 111 cm³/mol. The number of sulfonamides is 1. The number of anilines is 1. The number of nitrogens with one attached hydrogen (secondary N) is 1. The number of hydrogen-bond donors (Lipinski definition) is 1. The standard InChI is InChI=1S/C21H24N2O6S/c1-3-15-4-6-16(7-5-15)29-13-12-22-30(26,27)17-8-9-19(28-2)18(14-17)23-20(24)10-11-21(23)25/h4-9,14,22H,3,10-13H2,1-2H3. The monoisotopic (exact) mass is 432 g/mol. The van der Waals surface area contributed by atoms with Crippen LogP contribution >= 0.6 is 0 Å². The average Bonchev–Trinajstić information content (AvgIpc) is 3.09. The van der Waals surface area contributed by atoms with E-state index in [-0.39, 0.29) is 54.1 Å². The van der Waals surface area contributed by atoms with Crippen molar-refractivity contribution in [1.82, 2.24) is 4.72 Å². The third kappa shape index (κ3) is 4.80. The smallest absolute Gasteiger partial charge is 0.240 e. The molecule has 0 spiro atoms. The molecule has 160 valence electrons. The lowest BCUT2D eigenvalue weighted by molar-refractivity contribution is -0.121. The van der Waals surface area contributed by atoms with E-state index >= 15 is 0 Å². The largest absolute Gasteiger partial charge is 0.495 e.